The molecule has 2 aliphatic rings. The largest absolute Gasteiger partial charge is 0.296 e. The van der Waals surface area contributed by atoms with Crippen LogP contribution in [-0.2, 0) is 16.4 Å². The number of nitrogens with zero attached hydrogens (tertiary/aromatic N) is 4. The summed E-state index contributed by atoms with van der Waals surface area (Å²) in [6.45, 7) is 8.00. The Morgan fingerprint density at radius 2 is 1.85 bits per heavy atom. The first-order chi connectivity index (χ1) is 12.9. The van der Waals surface area contributed by atoms with E-state index in [2.05, 4.69) is 40.9 Å². The summed E-state index contributed by atoms with van der Waals surface area (Å²) in [5, 5.41) is 4.30. The molecule has 4 rings (SSSR count). The Morgan fingerprint density at radius 3 is 2.56 bits per heavy atom. The third-order valence-electron chi connectivity index (χ3n) is 5.57. The van der Waals surface area contributed by atoms with Crippen LogP contribution < -0.4 is 0 Å². The van der Waals surface area contributed by atoms with E-state index >= 15 is 0 Å². The minimum Gasteiger partial charge on any atom is -0.296 e. The van der Waals surface area contributed by atoms with Gasteiger partial charge in [0.05, 0.1) is 17.2 Å². The first kappa shape index (κ1) is 18.7. The number of rotatable bonds is 5. The van der Waals surface area contributed by atoms with Gasteiger partial charge in [0.15, 0.2) is 9.84 Å². The fourth-order valence-electron chi connectivity index (χ4n) is 4.44. The van der Waals surface area contributed by atoms with Crippen LogP contribution in [0.25, 0.3) is 5.69 Å². The second kappa shape index (κ2) is 7.37. The number of piperazine rings is 1. The van der Waals surface area contributed by atoms with Gasteiger partial charge < -0.3 is 0 Å². The van der Waals surface area contributed by atoms with Gasteiger partial charge in [0, 0.05) is 50.7 Å². The van der Waals surface area contributed by atoms with Crippen LogP contribution in [-0.4, -0.2) is 71.2 Å². The standard InChI is InChI=1S/C20H28N4O2S/c1-16(2)12-22-9-10-23(20-15-27(25,26)14-19(20)22)13-17-5-3-6-18(11-17)24-8-4-7-21-24/h3-8,11,16,19-20H,9-10,12-15H2,1-2H3/t19-,20+/m1/s1. The Hall–Kier alpha value is -1.70. The molecular weight excluding hydrogens is 360 g/mol. The molecule has 7 heteroatoms. The third-order valence-corrected chi connectivity index (χ3v) is 7.27. The fraction of sp³-hybridized carbons (Fsp3) is 0.550. The minimum atomic E-state index is -2.96. The summed E-state index contributed by atoms with van der Waals surface area (Å²) >= 11 is 0. The van der Waals surface area contributed by atoms with Gasteiger partial charge in [-0.25, -0.2) is 13.1 Å². The van der Waals surface area contributed by atoms with Crippen molar-refractivity contribution < 1.29 is 8.42 Å². The Labute approximate surface area is 161 Å². The molecule has 2 fully saturated rings. The van der Waals surface area contributed by atoms with Crippen molar-refractivity contribution in [1.29, 1.82) is 0 Å². The summed E-state index contributed by atoms with van der Waals surface area (Å²) in [5.41, 5.74) is 2.23. The summed E-state index contributed by atoms with van der Waals surface area (Å²) < 4.78 is 26.6. The van der Waals surface area contributed by atoms with Crippen LogP contribution in [0.3, 0.4) is 0 Å². The SMILES string of the molecule is CC(C)CN1CCN(Cc2cccc(-n3cccn3)c2)[C@H]2CS(=O)(=O)C[C@H]21. The highest BCUT2D eigenvalue weighted by molar-refractivity contribution is 7.91. The molecule has 3 heterocycles. The average molecular weight is 389 g/mol. The molecular formula is C20H28N4O2S. The lowest BCUT2D eigenvalue weighted by atomic mass is 10.0. The summed E-state index contributed by atoms with van der Waals surface area (Å²) in [7, 11) is -2.96. The highest BCUT2D eigenvalue weighted by Crippen LogP contribution is 2.29. The maximum absolute atomic E-state index is 12.4. The predicted octanol–water partition coefficient (Wildman–Crippen LogP) is 1.81. The van der Waals surface area contributed by atoms with E-state index in [4.69, 9.17) is 0 Å². The number of fused-ring (bicyclic) bond motifs is 1. The average Bonchev–Trinajstić information content (AvgIpc) is 3.24. The van der Waals surface area contributed by atoms with Crippen molar-refractivity contribution in [3.8, 4) is 5.69 Å². The minimum absolute atomic E-state index is 0.0934. The van der Waals surface area contributed by atoms with Crippen molar-refractivity contribution >= 4 is 9.84 Å². The van der Waals surface area contributed by atoms with Gasteiger partial charge in [-0.05, 0) is 29.7 Å². The molecule has 0 unspecified atom stereocenters. The van der Waals surface area contributed by atoms with E-state index in [1.54, 1.807) is 6.20 Å². The molecule has 1 aromatic heterocycles. The first-order valence-electron chi connectivity index (χ1n) is 9.69. The second-order valence-corrected chi connectivity index (χ2v) is 10.3. The first-order valence-corrected chi connectivity index (χ1v) is 11.5. The van der Waals surface area contributed by atoms with Gasteiger partial charge in [-0.3, -0.25) is 9.80 Å². The van der Waals surface area contributed by atoms with Crippen molar-refractivity contribution in [1.82, 2.24) is 19.6 Å². The lowest BCUT2D eigenvalue weighted by Crippen LogP contribution is -2.59. The molecule has 0 saturated carbocycles. The zero-order valence-corrected chi connectivity index (χ0v) is 16.8. The molecule has 1 aromatic carbocycles. The van der Waals surface area contributed by atoms with Crippen LogP contribution in [0.1, 0.15) is 19.4 Å². The van der Waals surface area contributed by atoms with Crippen LogP contribution >= 0.6 is 0 Å². The molecule has 2 saturated heterocycles. The maximum atomic E-state index is 12.4. The lowest BCUT2D eigenvalue weighted by molar-refractivity contribution is 0.0337. The number of aromatic nitrogens is 2. The van der Waals surface area contributed by atoms with Gasteiger partial charge in [-0.2, -0.15) is 5.10 Å². The molecule has 0 amide bonds. The maximum Gasteiger partial charge on any atom is 0.153 e. The van der Waals surface area contributed by atoms with Crippen molar-refractivity contribution in [2.75, 3.05) is 31.1 Å². The molecule has 27 heavy (non-hydrogen) atoms. The van der Waals surface area contributed by atoms with E-state index in [1.807, 2.05) is 29.1 Å². The second-order valence-electron chi connectivity index (χ2n) is 8.19. The molecule has 146 valence electrons. The molecule has 2 aliphatic heterocycles. The predicted molar refractivity (Wildman–Crippen MR) is 107 cm³/mol. The normalized spacial score (nSPS) is 25.7. The van der Waals surface area contributed by atoms with E-state index in [1.165, 1.54) is 5.56 Å². The fourth-order valence-corrected chi connectivity index (χ4v) is 6.48. The van der Waals surface area contributed by atoms with Crippen LogP contribution in [0.2, 0.25) is 0 Å². The Morgan fingerprint density at radius 1 is 1.11 bits per heavy atom. The zero-order valence-electron chi connectivity index (χ0n) is 16.0. The highest BCUT2D eigenvalue weighted by atomic mass is 32.2. The van der Waals surface area contributed by atoms with Gasteiger partial charge in [0.25, 0.3) is 0 Å². The van der Waals surface area contributed by atoms with Crippen LogP contribution in [0, 0.1) is 5.92 Å². The Bertz CT molecular complexity index is 879. The molecule has 0 bridgehead atoms. The van der Waals surface area contributed by atoms with Crippen molar-refractivity contribution in [2.45, 2.75) is 32.5 Å². The summed E-state index contributed by atoms with van der Waals surface area (Å²) in [6.07, 6.45) is 3.71. The van der Waals surface area contributed by atoms with Crippen LogP contribution in [0.4, 0.5) is 0 Å². The summed E-state index contributed by atoms with van der Waals surface area (Å²) in [5.74, 6) is 1.13. The number of hydrogen-bond acceptors (Lipinski definition) is 5. The van der Waals surface area contributed by atoms with Gasteiger partial charge in [0.1, 0.15) is 0 Å². The van der Waals surface area contributed by atoms with E-state index in [0.29, 0.717) is 11.7 Å². The lowest BCUT2D eigenvalue weighted by Gasteiger charge is -2.44. The molecule has 0 aliphatic carbocycles. The van der Waals surface area contributed by atoms with Gasteiger partial charge in [0.2, 0.25) is 0 Å². The van der Waals surface area contributed by atoms with E-state index in [9.17, 15) is 8.42 Å². The van der Waals surface area contributed by atoms with Crippen molar-refractivity contribution in [3.05, 3.63) is 48.3 Å². The highest BCUT2D eigenvalue weighted by Gasteiger charge is 2.46. The molecule has 0 spiro atoms. The molecule has 6 nitrogen and oxygen atoms in total. The van der Waals surface area contributed by atoms with Crippen molar-refractivity contribution in [2.24, 2.45) is 5.92 Å². The number of benzene rings is 1. The van der Waals surface area contributed by atoms with Gasteiger partial charge in [-0.15, -0.1) is 0 Å². The quantitative estimate of drug-likeness (QED) is 0.782. The van der Waals surface area contributed by atoms with Crippen LogP contribution in [0.5, 0.6) is 0 Å². The molecule has 0 N–H and O–H groups in total. The van der Waals surface area contributed by atoms with Gasteiger partial charge >= 0.3 is 0 Å². The van der Waals surface area contributed by atoms with E-state index in [0.717, 1.165) is 31.9 Å². The number of hydrogen-bond donors (Lipinski definition) is 0. The van der Waals surface area contributed by atoms with Crippen LogP contribution in [0.15, 0.2) is 42.7 Å². The Kier molecular flexibility index (Phi) is 5.09. The third kappa shape index (κ3) is 4.10. The van der Waals surface area contributed by atoms with E-state index < -0.39 is 9.84 Å². The smallest absolute Gasteiger partial charge is 0.153 e. The van der Waals surface area contributed by atoms with Gasteiger partial charge in [-0.1, -0.05) is 26.0 Å². The molecule has 2 atom stereocenters. The number of sulfone groups is 1. The Balaban J connectivity index is 1.54. The van der Waals surface area contributed by atoms with Crippen molar-refractivity contribution in [3.63, 3.8) is 0 Å². The zero-order chi connectivity index (χ0) is 19.0. The van der Waals surface area contributed by atoms with E-state index in [-0.39, 0.29) is 17.8 Å². The monoisotopic (exact) mass is 388 g/mol. The summed E-state index contributed by atoms with van der Waals surface area (Å²) in [6, 6.07) is 10.5. The molecule has 0 radical (unpaired) electrons. The molecule has 2 aromatic rings. The topological polar surface area (TPSA) is 58.4 Å². The summed E-state index contributed by atoms with van der Waals surface area (Å²) in [4.78, 5) is 4.77.